The molecule has 1 fully saturated rings. The van der Waals surface area contributed by atoms with Crippen LogP contribution in [0.15, 0.2) is 23.1 Å². The number of rotatable bonds is 3. The molecule has 1 saturated carbocycles. The van der Waals surface area contributed by atoms with Crippen molar-refractivity contribution in [2.75, 3.05) is 0 Å². The van der Waals surface area contributed by atoms with Gasteiger partial charge in [-0.1, -0.05) is 30.9 Å². The van der Waals surface area contributed by atoms with E-state index in [9.17, 15) is 8.42 Å². The zero-order valence-corrected chi connectivity index (χ0v) is 12.0. The van der Waals surface area contributed by atoms with Gasteiger partial charge in [-0.05, 0) is 31.0 Å². The van der Waals surface area contributed by atoms with Crippen LogP contribution >= 0.6 is 11.6 Å². The molecule has 0 saturated heterocycles. The summed E-state index contributed by atoms with van der Waals surface area (Å²) in [6.07, 6.45) is 4.92. The highest BCUT2D eigenvalue weighted by atomic mass is 35.5. The number of hydrogen-bond donors (Lipinski definition) is 1. The van der Waals surface area contributed by atoms with E-state index in [2.05, 4.69) is 4.72 Å². The Labute approximate surface area is 118 Å². The van der Waals surface area contributed by atoms with Gasteiger partial charge < -0.3 is 0 Å². The molecule has 1 aliphatic rings. The molecule has 0 aromatic heterocycles. The molecule has 0 unspecified atom stereocenters. The fourth-order valence-corrected chi connectivity index (χ4v) is 4.04. The third-order valence-electron chi connectivity index (χ3n) is 3.28. The predicted molar refractivity (Wildman–Crippen MR) is 73.4 cm³/mol. The van der Waals surface area contributed by atoms with Crippen LogP contribution < -0.4 is 4.72 Å². The molecule has 0 aliphatic heterocycles. The number of sulfonamides is 1. The molecule has 4 nitrogen and oxygen atoms in total. The zero-order valence-electron chi connectivity index (χ0n) is 10.4. The lowest BCUT2D eigenvalue weighted by atomic mass is 9.96. The molecular formula is C13H15ClN2O2S. The Morgan fingerprint density at radius 1 is 1.26 bits per heavy atom. The normalized spacial score (nSPS) is 17.1. The Morgan fingerprint density at radius 3 is 2.58 bits per heavy atom. The molecule has 0 bridgehead atoms. The second-order valence-electron chi connectivity index (χ2n) is 4.71. The van der Waals surface area contributed by atoms with Gasteiger partial charge in [-0.3, -0.25) is 0 Å². The molecule has 0 spiro atoms. The van der Waals surface area contributed by atoms with Crippen molar-refractivity contribution in [3.8, 4) is 6.07 Å². The van der Waals surface area contributed by atoms with Gasteiger partial charge >= 0.3 is 0 Å². The van der Waals surface area contributed by atoms with Gasteiger partial charge in [0.1, 0.15) is 11.0 Å². The molecule has 102 valence electrons. The van der Waals surface area contributed by atoms with Crippen LogP contribution in [0.5, 0.6) is 0 Å². The van der Waals surface area contributed by atoms with E-state index >= 15 is 0 Å². The smallest absolute Gasteiger partial charge is 0.208 e. The van der Waals surface area contributed by atoms with E-state index in [4.69, 9.17) is 16.9 Å². The summed E-state index contributed by atoms with van der Waals surface area (Å²) in [5.74, 6) is 0. The van der Waals surface area contributed by atoms with Crippen LogP contribution in [0.25, 0.3) is 0 Å². The van der Waals surface area contributed by atoms with Gasteiger partial charge in [0.2, 0.25) is 10.0 Å². The first kappa shape index (κ1) is 14.3. The predicted octanol–water partition coefficient (Wildman–Crippen LogP) is 2.82. The van der Waals surface area contributed by atoms with Crippen molar-refractivity contribution >= 4 is 21.6 Å². The lowest BCUT2D eigenvalue weighted by Crippen LogP contribution is -2.36. The van der Waals surface area contributed by atoms with Gasteiger partial charge in [-0.25, -0.2) is 13.1 Å². The fraction of sp³-hybridized carbons (Fsp3) is 0.462. The molecule has 1 aromatic carbocycles. The molecule has 0 amide bonds. The Hall–Kier alpha value is -1.09. The maximum atomic E-state index is 12.3. The third-order valence-corrected chi connectivity index (χ3v) is 5.08. The largest absolute Gasteiger partial charge is 0.242 e. The van der Waals surface area contributed by atoms with Crippen LogP contribution in [-0.2, 0) is 10.0 Å². The Balaban J connectivity index is 2.28. The van der Waals surface area contributed by atoms with Gasteiger partial charge in [-0.15, -0.1) is 0 Å². The molecule has 0 heterocycles. The number of hydrogen-bond acceptors (Lipinski definition) is 3. The average Bonchev–Trinajstić information content (AvgIpc) is 2.39. The summed E-state index contributed by atoms with van der Waals surface area (Å²) in [4.78, 5) is -0.0342. The summed E-state index contributed by atoms with van der Waals surface area (Å²) in [6, 6.07) is 6.12. The third kappa shape index (κ3) is 3.47. The van der Waals surface area contributed by atoms with E-state index in [1.54, 1.807) is 0 Å². The van der Waals surface area contributed by atoms with Gasteiger partial charge in [0.25, 0.3) is 0 Å². The second-order valence-corrected chi connectivity index (χ2v) is 6.83. The van der Waals surface area contributed by atoms with E-state index in [1.807, 2.05) is 6.07 Å². The van der Waals surface area contributed by atoms with Crippen LogP contribution in [0.1, 0.15) is 37.7 Å². The minimum atomic E-state index is -3.68. The lowest BCUT2D eigenvalue weighted by molar-refractivity contribution is 0.412. The second kappa shape index (κ2) is 5.91. The summed E-state index contributed by atoms with van der Waals surface area (Å²) >= 11 is 5.82. The van der Waals surface area contributed by atoms with Crippen molar-refractivity contribution in [3.05, 3.63) is 28.8 Å². The fourth-order valence-electron chi connectivity index (χ4n) is 2.31. The maximum Gasteiger partial charge on any atom is 0.242 e. The number of nitrogens with one attached hydrogen (secondary N) is 1. The van der Waals surface area contributed by atoms with Crippen molar-refractivity contribution < 1.29 is 8.42 Å². The lowest BCUT2D eigenvalue weighted by Gasteiger charge is -2.22. The van der Waals surface area contributed by atoms with Gasteiger partial charge in [0.05, 0.1) is 5.56 Å². The summed E-state index contributed by atoms with van der Waals surface area (Å²) < 4.78 is 27.3. The first-order valence-corrected chi connectivity index (χ1v) is 8.11. The standard InChI is InChI=1S/C13H15ClN2O2S/c14-11-7-6-10(9-15)13(8-11)19(17,18)16-12-4-2-1-3-5-12/h6-8,12,16H,1-5H2. The topological polar surface area (TPSA) is 70.0 Å². The van der Waals surface area contributed by atoms with Gasteiger partial charge in [-0.2, -0.15) is 5.26 Å². The summed E-state index contributed by atoms with van der Waals surface area (Å²) in [7, 11) is -3.68. The molecule has 0 atom stereocenters. The molecule has 19 heavy (non-hydrogen) atoms. The molecule has 0 radical (unpaired) electrons. The number of nitriles is 1. The quantitative estimate of drug-likeness (QED) is 0.933. The summed E-state index contributed by atoms with van der Waals surface area (Å²) in [5, 5.41) is 9.30. The van der Waals surface area contributed by atoms with E-state index < -0.39 is 10.0 Å². The number of benzene rings is 1. The summed E-state index contributed by atoms with van der Waals surface area (Å²) in [5.41, 5.74) is 0.118. The van der Waals surface area contributed by atoms with Gasteiger partial charge in [0, 0.05) is 11.1 Å². The van der Waals surface area contributed by atoms with Crippen molar-refractivity contribution in [3.63, 3.8) is 0 Å². The highest BCUT2D eigenvalue weighted by Gasteiger charge is 2.24. The molecule has 1 aromatic rings. The van der Waals surface area contributed by atoms with Gasteiger partial charge in [0.15, 0.2) is 0 Å². The van der Waals surface area contributed by atoms with Crippen LogP contribution in [0.4, 0.5) is 0 Å². The SMILES string of the molecule is N#Cc1ccc(Cl)cc1S(=O)(=O)NC1CCCCC1. The van der Waals surface area contributed by atoms with Crippen molar-refractivity contribution in [2.24, 2.45) is 0 Å². The first-order valence-electron chi connectivity index (χ1n) is 6.25. The summed E-state index contributed by atoms with van der Waals surface area (Å²) in [6.45, 7) is 0. The first-order chi connectivity index (χ1) is 9.03. The Bertz CT molecular complexity index is 602. The molecule has 1 aliphatic carbocycles. The highest BCUT2D eigenvalue weighted by molar-refractivity contribution is 7.89. The zero-order chi connectivity index (χ0) is 13.9. The Kier molecular flexibility index (Phi) is 4.46. The number of halogens is 1. The number of nitrogens with zero attached hydrogens (tertiary/aromatic N) is 1. The van der Waals surface area contributed by atoms with Crippen LogP contribution in [-0.4, -0.2) is 14.5 Å². The monoisotopic (exact) mass is 298 g/mol. The van der Waals surface area contributed by atoms with E-state index in [1.165, 1.54) is 18.2 Å². The maximum absolute atomic E-state index is 12.3. The van der Waals surface area contributed by atoms with E-state index in [0.29, 0.717) is 5.02 Å². The minimum absolute atomic E-state index is 0.0342. The van der Waals surface area contributed by atoms with E-state index in [-0.39, 0.29) is 16.5 Å². The average molecular weight is 299 g/mol. The van der Waals surface area contributed by atoms with Crippen molar-refractivity contribution in [2.45, 2.75) is 43.0 Å². The minimum Gasteiger partial charge on any atom is -0.208 e. The molecular weight excluding hydrogens is 284 g/mol. The van der Waals surface area contributed by atoms with Crippen molar-refractivity contribution in [1.82, 2.24) is 4.72 Å². The van der Waals surface area contributed by atoms with Crippen LogP contribution in [0, 0.1) is 11.3 Å². The van der Waals surface area contributed by atoms with Crippen LogP contribution in [0.3, 0.4) is 0 Å². The molecule has 2 rings (SSSR count). The van der Waals surface area contributed by atoms with Crippen molar-refractivity contribution in [1.29, 1.82) is 5.26 Å². The molecule has 1 N–H and O–H groups in total. The Morgan fingerprint density at radius 2 is 1.95 bits per heavy atom. The van der Waals surface area contributed by atoms with Crippen LogP contribution in [0.2, 0.25) is 5.02 Å². The van der Waals surface area contributed by atoms with E-state index in [0.717, 1.165) is 32.1 Å². The highest BCUT2D eigenvalue weighted by Crippen LogP contribution is 2.23. The molecule has 6 heteroatoms.